The zero-order chi connectivity index (χ0) is 12.7. The number of nitrogens with one attached hydrogen (secondary N) is 1. The van der Waals surface area contributed by atoms with E-state index in [1.807, 2.05) is 0 Å². The second-order valence-electron chi connectivity index (χ2n) is 4.63. The molecule has 5 heteroatoms. The van der Waals surface area contributed by atoms with Crippen LogP contribution in [0.2, 0.25) is 0 Å². The highest BCUT2D eigenvalue weighted by Gasteiger charge is 2.17. The summed E-state index contributed by atoms with van der Waals surface area (Å²) in [4.78, 5) is 22.3. The van der Waals surface area contributed by atoms with Gasteiger partial charge in [0.05, 0.1) is 0 Å². The van der Waals surface area contributed by atoms with Crippen LogP contribution in [0.25, 0.3) is 0 Å². The molecule has 0 heterocycles. The summed E-state index contributed by atoms with van der Waals surface area (Å²) in [5, 5.41) is 2.55. The fourth-order valence-electron chi connectivity index (χ4n) is 1.56. The lowest BCUT2D eigenvalue weighted by Crippen LogP contribution is -2.43. The SMILES string of the molecule is CC(C)C[C@H](CN)CC(=O)NC(C)C(N)=O. The van der Waals surface area contributed by atoms with Gasteiger partial charge in [0.2, 0.25) is 11.8 Å². The fraction of sp³-hybridized carbons (Fsp3) is 0.818. The monoisotopic (exact) mass is 229 g/mol. The van der Waals surface area contributed by atoms with Gasteiger partial charge in [-0.2, -0.15) is 0 Å². The molecule has 2 atom stereocenters. The minimum absolute atomic E-state index is 0.164. The number of hydrogen-bond donors (Lipinski definition) is 3. The molecular weight excluding hydrogens is 206 g/mol. The second kappa shape index (κ2) is 7.22. The van der Waals surface area contributed by atoms with Crippen LogP contribution in [0.1, 0.15) is 33.6 Å². The maximum absolute atomic E-state index is 11.5. The molecule has 0 fully saturated rings. The van der Waals surface area contributed by atoms with Crippen molar-refractivity contribution in [3.8, 4) is 0 Å². The van der Waals surface area contributed by atoms with Crippen molar-refractivity contribution in [1.82, 2.24) is 5.32 Å². The normalized spacial score (nSPS) is 14.6. The molecule has 1 unspecified atom stereocenters. The van der Waals surface area contributed by atoms with Crippen LogP contribution in [-0.4, -0.2) is 24.4 Å². The van der Waals surface area contributed by atoms with Crippen molar-refractivity contribution in [3.63, 3.8) is 0 Å². The zero-order valence-electron chi connectivity index (χ0n) is 10.3. The summed E-state index contributed by atoms with van der Waals surface area (Å²) < 4.78 is 0. The highest BCUT2D eigenvalue weighted by Crippen LogP contribution is 2.13. The number of amides is 2. The zero-order valence-corrected chi connectivity index (χ0v) is 10.3. The number of rotatable bonds is 7. The van der Waals surface area contributed by atoms with Crippen LogP contribution in [0.5, 0.6) is 0 Å². The molecule has 2 amide bonds. The van der Waals surface area contributed by atoms with Gasteiger partial charge in [0.15, 0.2) is 0 Å². The molecule has 0 saturated heterocycles. The molecule has 5 nitrogen and oxygen atoms in total. The van der Waals surface area contributed by atoms with Gasteiger partial charge in [0.25, 0.3) is 0 Å². The highest BCUT2D eigenvalue weighted by atomic mass is 16.2. The van der Waals surface area contributed by atoms with E-state index >= 15 is 0 Å². The number of primary amides is 1. The predicted molar refractivity (Wildman–Crippen MR) is 63.4 cm³/mol. The highest BCUT2D eigenvalue weighted by molar-refractivity contribution is 5.86. The number of hydrogen-bond acceptors (Lipinski definition) is 3. The van der Waals surface area contributed by atoms with Crippen molar-refractivity contribution in [2.75, 3.05) is 6.54 Å². The Hall–Kier alpha value is -1.10. The summed E-state index contributed by atoms with van der Waals surface area (Å²) >= 11 is 0. The summed E-state index contributed by atoms with van der Waals surface area (Å²) in [5.74, 6) is -0.0149. The van der Waals surface area contributed by atoms with Crippen molar-refractivity contribution in [1.29, 1.82) is 0 Å². The van der Waals surface area contributed by atoms with Crippen molar-refractivity contribution in [3.05, 3.63) is 0 Å². The molecule has 5 N–H and O–H groups in total. The first-order valence-corrected chi connectivity index (χ1v) is 5.65. The Morgan fingerprint density at radius 1 is 1.25 bits per heavy atom. The van der Waals surface area contributed by atoms with Gasteiger partial charge in [-0.3, -0.25) is 9.59 Å². The standard InChI is InChI=1S/C11H23N3O2/c1-7(2)4-9(6-12)5-10(15)14-8(3)11(13)16/h7-9H,4-6,12H2,1-3H3,(H2,13,16)(H,14,15)/t8?,9-/m0/s1. The molecule has 94 valence electrons. The fourth-order valence-corrected chi connectivity index (χ4v) is 1.56. The van der Waals surface area contributed by atoms with Crippen molar-refractivity contribution in [2.45, 2.75) is 39.7 Å². The predicted octanol–water partition coefficient (Wildman–Crippen LogP) is -0.0125. The van der Waals surface area contributed by atoms with E-state index in [1.54, 1.807) is 6.92 Å². The third-order valence-corrected chi connectivity index (χ3v) is 2.42. The van der Waals surface area contributed by atoms with Crippen LogP contribution >= 0.6 is 0 Å². The molecule has 0 aromatic heterocycles. The summed E-state index contributed by atoms with van der Waals surface area (Å²) in [5.41, 5.74) is 10.6. The Labute approximate surface area is 96.9 Å². The summed E-state index contributed by atoms with van der Waals surface area (Å²) in [7, 11) is 0. The Morgan fingerprint density at radius 2 is 1.81 bits per heavy atom. The van der Waals surface area contributed by atoms with Gasteiger partial charge in [-0.25, -0.2) is 0 Å². The topological polar surface area (TPSA) is 98.2 Å². The van der Waals surface area contributed by atoms with Crippen LogP contribution in [-0.2, 0) is 9.59 Å². The first-order valence-electron chi connectivity index (χ1n) is 5.65. The number of carbonyl (C=O) groups excluding carboxylic acids is 2. The van der Waals surface area contributed by atoms with E-state index in [4.69, 9.17) is 11.5 Å². The Kier molecular flexibility index (Phi) is 6.72. The molecule has 0 radical (unpaired) electrons. The minimum Gasteiger partial charge on any atom is -0.368 e. The molecule has 0 aliphatic carbocycles. The van der Waals surface area contributed by atoms with Crippen LogP contribution in [0.4, 0.5) is 0 Å². The first-order chi connectivity index (χ1) is 7.36. The largest absolute Gasteiger partial charge is 0.368 e. The van der Waals surface area contributed by atoms with Crippen molar-refractivity contribution < 1.29 is 9.59 Å². The van der Waals surface area contributed by atoms with Gasteiger partial charge in [-0.1, -0.05) is 13.8 Å². The van der Waals surface area contributed by atoms with E-state index in [9.17, 15) is 9.59 Å². The van der Waals surface area contributed by atoms with Gasteiger partial charge in [-0.05, 0) is 31.7 Å². The summed E-state index contributed by atoms with van der Waals surface area (Å²) in [6, 6.07) is -0.620. The molecule has 0 aliphatic rings. The van der Waals surface area contributed by atoms with Gasteiger partial charge < -0.3 is 16.8 Å². The molecular formula is C11H23N3O2. The molecule has 0 bridgehead atoms. The van der Waals surface area contributed by atoms with E-state index in [1.165, 1.54) is 0 Å². The molecule has 0 spiro atoms. The van der Waals surface area contributed by atoms with Gasteiger partial charge in [-0.15, -0.1) is 0 Å². The maximum Gasteiger partial charge on any atom is 0.239 e. The Morgan fingerprint density at radius 3 is 2.19 bits per heavy atom. The van der Waals surface area contributed by atoms with Crippen LogP contribution in [0, 0.1) is 11.8 Å². The molecule has 0 aliphatic heterocycles. The lowest BCUT2D eigenvalue weighted by molar-refractivity contribution is -0.127. The third kappa shape index (κ3) is 6.40. The lowest BCUT2D eigenvalue weighted by Gasteiger charge is -2.17. The van der Waals surface area contributed by atoms with E-state index < -0.39 is 11.9 Å². The maximum atomic E-state index is 11.5. The molecule has 0 saturated carbocycles. The smallest absolute Gasteiger partial charge is 0.239 e. The van der Waals surface area contributed by atoms with Crippen molar-refractivity contribution in [2.24, 2.45) is 23.3 Å². The average Bonchev–Trinajstić information content (AvgIpc) is 2.15. The lowest BCUT2D eigenvalue weighted by atomic mass is 9.94. The quantitative estimate of drug-likeness (QED) is 0.572. The molecule has 16 heavy (non-hydrogen) atoms. The van der Waals surface area contributed by atoms with Crippen LogP contribution in [0.15, 0.2) is 0 Å². The van der Waals surface area contributed by atoms with E-state index in [0.717, 1.165) is 6.42 Å². The minimum atomic E-state index is -0.620. The van der Waals surface area contributed by atoms with Gasteiger partial charge in [0, 0.05) is 6.42 Å². The molecule has 0 aromatic rings. The second-order valence-corrected chi connectivity index (χ2v) is 4.63. The number of carbonyl (C=O) groups is 2. The Bertz CT molecular complexity index is 241. The molecule has 0 rings (SSSR count). The van der Waals surface area contributed by atoms with E-state index in [0.29, 0.717) is 18.9 Å². The first kappa shape index (κ1) is 14.9. The van der Waals surface area contributed by atoms with E-state index in [-0.39, 0.29) is 11.8 Å². The van der Waals surface area contributed by atoms with E-state index in [2.05, 4.69) is 19.2 Å². The molecule has 0 aromatic carbocycles. The van der Waals surface area contributed by atoms with Gasteiger partial charge in [0.1, 0.15) is 6.04 Å². The summed E-state index contributed by atoms with van der Waals surface area (Å²) in [6.07, 6.45) is 1.27. The van der Waals surface area contributed by atoms with Crippen LogP contribution < -0.4 is 16.8 Å². The summed E-state index contributed by atoms with van der Waals surface area (Å²) in [6.45, 7) is 6.23. The number of nitrogens with two attached hydrogens (primary N) is 2. The van der Waals surface area contributed by atoms with Crippen LogP contribution in [0.3, 0.4) is 0 Å². The third-order valence-electron chi connectivity index (χ3n) is 2.42. The average molecular weight is 229 g/mol. The van der Waals surface area contributed by atoms with Crippen molar-refractivity contribution >= 4 is 11.8 Å². The van der Waals surface area contributed by atoms with Gasteiger partial charge >= 0.3 is 0 Å². The Balaban J connectivity index is 4.05.